The van der Waals surface area contributed by atoms with E-state index in [1.54, 1.807) is 7.11 Å². The van der Waals surface area contributed by atoms with Gasteiger partial charge in [-0.2, -0.15) is 0 Å². The molecule has 20 heavy (non-hydrogen) atoms. The number of carbonyl (C=O) groups is 1. The summed E-state index contributed by atoms with van der Waals surface area (Å²) in [7, 11) is 1.62. The molecule has 0 aliphatic heterocycles. The van der Waals surface area contributed by atoms with Crippen LogP contribution in [0, 0.1) is 20.8 Å². The van der Waals surface area contributed by atoms with Gasteiger partial charge in [0.1, 0.15) is 5.75 Å². The van der Waals surface area contributed by atoms with Gasteiger partial charge >= 0.3 is 0 Å². The van der Waals surface area contributed by atoms with Gasteiger partial charge in [-0.15, -0.1) is 0 Å². The molecule has 0 amide bonds. The Bertz CT molecular complexity index is 625. The van der Waals surface area contributed by atoms with Crippen molar-refractivity contribution in [2.75, 3.05) is 7.11 Å². The summed E-state index contributed by atoms with van der Waals surface area (Å²) in [5.41, 5.74) is 5.05. The minimum atomic E-state index is 0.0915. The van der Waals surface area contributed by atoms with Crippen LogP contribution in [0.25, 0.3) is 0 Å². The van der Waals surface area contributed by atoms with Crippen molar-refractivity contribution in [3.63, 3.8) is 0 Å². The van der Waals surface area contributed by atoms with Gasteiger partial charge in [0, 0.05) is 6.42 Å². The summed E-state index contributed by atoms with van der Waals surface area (Å²) in [4.78, 5) is 12.5. The maximum Gasteiger partial charge on any atom is 0.170 e. The van der Waals surface area contributed by atoms with Gasteiger partial charge < -0.3 is 4.74 Å². The molecule has 2 nitrogen and oxygen atoms in total. The number of hydrogen-bond donors (Lipinski definition) is 0. The van der Waals surface area contributed by atoms with E-state index in [1.807, 2.05) is 57.2 Å². The monoisotopic (exact) mass is 268 g/mol. The van der Waals surface area contributed by atoms with Gasteiger partial charge in [0.25, 0.3) is 0 Å². The molecule has 0 aliphatic rings. The minimum absolute atomic E-state index is 0.0915. The smallest absolute Gasteiger partial charge is 0.170 e. The molecule has 2 aromatic rings. The van der Waals surface area contributed by atoms with Crippen LogP contribution in [0.3, 0.4) is 0 Å². The summed E-state index contributed by atoms with van der Waals surface area (Å²) in [5, 5.41) is 0. The summed E-state index contributed by atoms with van der Waals surface area (Å²) in [5.74, 6) is 0.788. The molecule has 0 heterocycles. The normalized spacial score (nSPS) is 10.4. The Morgan fingerprint density at radius 3 is 2.25 bits per heavy atom. The number of hydrogen-bond acceptors (Lipinski definition) is 2. The van der Waals surface area contributed by atoms with Crippen molar-refractivity contribution in [2.24, 2.45) is 0 Å². The lowest BCUT2D eigenvalue weighted by Gasteiger charge is -2.12. The highest BCUT2D eigenvalue weighted by atomic mass is 16.5. The fourth-order valence-corrected chi connectivity index (χ4v) is 2.26. The first-order valence-electron chi connectivity index (χ1n) is 6.76. The third kappa shape index (κ3) is 2.90. The highest BCUT2D eigenvalue weighted by Gasteiger charge is 2.15. The fourth-order valence-electron chi connectivity index (χ4n) is 2.26. The maximum atomic E-state index is 12.5. The first kappa shape index (κ1) is 14.3. The second kappa shape index (κ2) is 5.91. The van der Waals surface area contributed by atoms with Crippen LogP contribution in [0.2, 0.25) is 0 Å². The molecule has 0 saturated heterocycles. The fraction of sp³-hybridized carbons (Fsp3) is 0.278. The molecule has 0 fully saturated rings. The molecule has 0 aromatic heterocycles. The highest BCUT2D eigenvalue weighted by molar-refractivity contribution is 6.00. The Labute approximate surface area is 120 Å². The van der Waals surface area contributed by atoms with E-state index in [-0.39, 0.29) is 5.78 Å². The number of carbonyl (C=O) groups excluding carboxylic acids is 1. The number of rotatable bonds is 4. The molecule has 0 N–H and O–H groups in total. The van der Waals surface area contributed by atoms with Crippen LogP contribution in [0.5, 0.6) is 5.75 Å². The summed E-state index contributed by atoms with van der Waals surface area (Å²) in [6, 6.07) is 11.9. The first-order valence-corrected chi connectivity index (χ1v) is 6.76. The topological polar surface area (TPSA) is 26.3 Å². The molecular formula is C18H20O2. The maximum absolute atomic E-state index is 12.5. The zero-order valence-corrected chi connectivity index (χ0v) is 12.5. The minimum Gasteiger partial charge on any atom is -0.496 e. The van der Waals surface area contributed by atoms with E-state index in [1.165, 1.54) is 5.56 Å². The zero-order chi connectivity index (χ0) is 14.7. The van der Waals surface area contributed by atoms with E-state index in [0.717, 1.165) is 16.7 Å². The molecule has 2 aromatic carbocycles. The van der Waals surface area contributed by atoms with E-state index in [4.69, 9.17) is 4.74 Å². The van der Waals surface area contributed by atoms with E-state index in [2.05, 4.69) is 0 Å². The Kier molecular flexibility index (Phi) is 4.23. The molecular weight excluding hydrogens is 248 g/mol. The third-order valence-corrected chi connectivity index (χ3v) is 3.67. The largest absolute Gasteiger partial charge is 0.496 e. The molecule has 0 saturated carbocycles. The predicted molar refractivity (Wildman–Crippen MR) is 81.7 cm³/mol. The van der Waals surface area contributed by atoms with Crippen molar-refractivity contribution in [2.45, 2.75) is 27.2 Å². The van der Waals surface area contributed by atoms with Crippen LogP contribution in [0.4, 0.5) is 0 Å². The number of benzene rings is 2. The van der Waals surface area contributed by atoms with Crippen molar-refractivity contribution in [3.05, 3.63) is 64.2 Å². The van der Waals surface area contributed by atoms with E-state index >= 15 is 0 Å². The SMILES string of the molecule is COc1c(C(=O)Cc2ccc(C)cc2)ccc(C)c1C. The predicted octanol–water partition coefficient (Wildman–Crippen LogP) is 4.05. The van der Waals surface area contributed by atoms with Gasteiger partial charge in [-0.1, -0.05) is 35.9 Å². The van der Waals surface area contributed by atoms with E-state index in [0.29, 0.717) is 17.7 Å². The molecule has 0 bridgehead atoms. The van der Waals surface area contributed by atoms with Gasteiger partial charge in [-0.25, -0.2) is 0 Å². The standard InChI is InChI=1S/C18H20O2/c1-12-5-8-15(9-6-12)11-17(19)16-10-7-13(2)14(3)18(16)20-4/h5-10H,11H2,1-4H3. The number of methoxy groups -OCH3 is 1. The van der Waals surface area contributed by atoms with E-state index < -0.39 is 0 Å². The molecule has 0 unspecified atom stereocenters. The number of Topliss-reactive ketones (excluding diaryl/α,β-unsaturated/α-hetero) is 1. The van der Waals surface area contributed by atoms with Crippen molar-refractivity contribution < 1.29 is 9.53 Å². The van der Waals surface area contributed by atoms with Crippen LogP contribution in [-0.4, -0.2) is 12.9 Å². The average Bonchev–Trinajstić information content (AvgIpc) is 2.44. The molecule has 0 spiro atoms. The van der Waals surface area contributed by atoms with Gasteiger partial charge in [0.15, 0.2) is 5.78 Å². The van der Waals surface area contributed by atoms with Crippen LogP contribution in [0.15, 0.2) is 36.4 Å². The molecule has 104 valence electrons. The first-order chi connectivity index (χ1) is 9.52. The summed E-state index contributed by atoms with van der Waals surface area (Å²) < 4.78 is 5.41. The lowest BCUT2D eigenvalue weighted by Crippen LogP contribution is -2.07. The Balaban J connectivity index is 2.30. The van der Waals surface area contributed by atoms with E-state index in [9.17, 15) is 4.79 Å². The second-order valence-corrected chi connectivity index (χ2v) is 5.17. The Morgan fingerprint density at radius 2 is 1.65 bits per heavy atom. The Hall–Kier alpha value is -2.09. The highest BCUT2D eigenvalue weighted by Crippen LogP contribution is 2.27. The molecule has 0 aliphatic carbocycles. The molecule has 0 atom stereocenters. The summed E-state index contributed by atoms with van der Waals surface area (Å²) >= 11 is 0. The lowest BCUT2D eigenvalue weighted by molar-refractivity contribution is 0.0990. The van der Waals surface area contributed by atoms with Gasteiger partial charge in [-0.3, -0.25) is 4.79 Å². The third-order valence-electron chi connectivity index (χ3n) is 3.67. The van der Waals surface area contributed by atoms with Crippen molar-refractivity contribution in [1.29, 1.82) is 0 Å². The zero-order valence-electron chi connectivity index (χ0n) is 12.5. The van der Waals surface area contributed by atoms with Crippen molar-refractivity contribution in [1.82, 2.24) is 0 Å². The summed E-state index contributed by atoms with van der Waals surface area (Å²) in [6.45, 7) is 6.04. The van der Waals surface area contributed by atoms with Crippen LogP contribution in [0.1, 0.15) is 32.6 Å². The second-order valence-electron chi connectivity index (χ2n) is 5.17. The number of ketones is 1. The van der Waals surface area contributed by atoms with Crippen LogP contribution < -0.4 is 4.74 Å². The number of aryl methyl sites for hydroxylation is 2. The Morgan fingerprint density at radius 1 is 1.00 bits per heavy atom. The average molecular weight is 268 g/mol. The lowest BCUT2D eigenvalue weighted by atomic mass is 9.97. The molecule has 0 radical (unpaired) electrons. The quantitative estimate of drug-likeness (QED) is 0.782. The van der Waals surface area contributed by atoms with Crippen LogP contribution in [-0.2, 0) is 6.42 Å². The van der Waals surface area contributed by atoms with Crippen molar-refractivity contribution >= 4 is 5.78 Å². The summed E-state index contributed by atoms with van der Waals surface area (Å²) in [6.07, 6.45) is 0.402. The molecule has 2 rings (SSSR count). The van der Waals surface area contributed by atoms with Gasteiger partial charge in [-0.05, 0) is 43.5 Å². The van der Waals surface area contributed by atoms with Gasteiger partial charge in [0.05, 0.1) is 12.7 Å². The van der Waals surface area contributed by atoms with Crippen molar-refractivity contribution in [3.8, 4) is 5.75 Å². The van der Waals surface area contributed by atoms with Crippen LogP contribution >= 0.6 is 0 Å². The van der Waals surface area contributed by atoms with Gasteiger partial charge in [0.2, 0.25) is 0 Å². The molecule has 2 heteroatoms. The number of ether oxygens (including phenoxy) is 1.